The summed E-state index contributed by atoms with van der Waals surface area (Å²) in [4.78, 5) is 37.3. The van der Waals surface area contributed by atoms with Gasteiger partial charge in [-0.05, 0) is 48.5 Å². The number of rotatable bonds is 6. The van der Waals surface area contributed by atoms with Crippen LogP contribution in [0.3, 0.4) is 0 Å². The smallest absolute Gasteiger partial charge is 0.287 e. The van der Waals surface area contributed by atoms with Crippen LogP contribution in [0, 0.1) is 21.4 Å². The first kappa shape index (κ1) is 27.6. The molecule has 41 heavy (non-hydrogen) atoms. The van der Waals surface area contributed by atoms with E-state index in [1.54, 1.807) is 66.7 Å². The first-order valence-electron chi connectivity index (χ1n) is 11.8. The number of hydrogen-bond acceptors (Lipinski definition) is 7. The SMILES string of the molecule is N#C/C(C(=O)Nc1ccccc1Cl)=c1/s/c(=C/c2ccc(-c3ccc([N+](=O)[O-])c(Cl)c3)o2)c(=O)n1-c1ccccc1. The van der Waals surface area contributed by atoms with Crippen LogP contribution in [0.2, 0.25) is 10.0 Å². The molecule has 12 heteroatoms. The fourth-order valence-corrected chi connectivity index (χ4v) is 5.44. The van der Waals surface area contributed by atoms with Crippen LogP contribution in [0.25, 0.3) is 28.7 Å². The second kappa shape index (κ2) is 11.7. The Balaban J connectivity index is 1.63. The number of nitrogens with zero attached hydrogens (tertiary/aromatic N) is 3. The molecule has 0 spiro atoms. The van der Waals surface area contributed by atoms with Gasteiger partial charge in [0.05, 0.1) is 25.9 Å². The molecule has 3 aromatic carbocycles. The highest BCUT2D eigenvalue weighted by Crippen LogP contribution is 2.31. The third-order valence-electron chi connectivity index (χ3n) is 5.84. The number of hydrogen-bond donors (Lipinski definition) is 1. The van der Waals surface area contributed by atoms with Gasteiger partial charge in [-0.25, -0.2) is 0 Å². The molecule has 0 fully saturated rings. The summed E-state index contributed by atoms with van der Waals surface area (Å²) in [5, 5.41) is 23.9. The van der Waals surface area contributed by atoms with Gasteiger partial charge in [-0.2, -0.15) is 5.26 Å². The fraction of sp³-hybridized carbons (Fsp3) is 0. The third kappa shape index (κ3) is 5.69. The molecular formula is C29H16Cl2N4O5S. The molecule has 9 nitrogen and oxygen atoms in total. The van der Waals surface area contributed by atoms with Crippen LogP contribution in [0.15, 0.2) is 94.1 Å². The lowest BCUT2D eigenvalue weighted by Gasteiger charge is -2.07. The highest BCUT2D eigenvalue weighted by Gasteiger charge is 2.19. The van der Waals surface area contributed by atoms with E-state index in [1.807, 2.05) is 6.07 Å². The van der Waals surface area contributed by atoms with Crippen molar-refractivity contribution in [1.82, 2.24) is 4.57 Å². The van der Waals surface area contributed by atoms with Gasteiger partial charge in [0.2, 0.25) is 0 Å². The van der Waals surface area contributed by atoms with Gasteiger partial charge in [0.1, 0.15) is 27.3 Å². The normalized spacial score (nSPS) is 12.1. The lowest BCUT2D eigenvalue weighted by Crippen LogP contribution is -2.32. The van der Waals surface area contributed by atoms with Crippen molar-refractivity contribution >= 4 is 63.5 Å². The highest BCUT2D eigenvalue weighted by molar-refractivity contribution is 7.07. The maximum absolute atomic E-state index is 13.6. The number of thiazole rings is 1. The number of aromatic nitrogens is 1. The largest absolute Gasteiger partial charge is 0.457 e. The molecular weight excluding hydrogens is 587 g/mol. The summed E-state index contributed by atoms with van der Waals surface area (Å²) < 4.78 is 7.48. The number of carbonyl (C=O) groups is 1. The number of nitrogens with one attached hydrogen (secondary N) is 1. The number of halogens is 2. The van der Waals surface area contributed by atoms with Crippen LogP contribution in [0.1, 0.15) is 5.76 Å². The van der Waals surface area contributed by atoms with Crippen molar-refractivity contribution in [3.63, 3.8) is 0 Å². The molecule has 0 bridgehead atoms. The van der Waals surface area contributed by atoms with Crippen molar-refractivity contribution in [3.05, 3.63) is 130 Å². The molecule has 0 aliphatic carbocycles. The van der Waals surface area contributed by atoms with Gasteiger partial charge in [-0.3, -0.25) is 24.3 Å². The minimum absolute atomic E-state index is 0.0438. The lowest BCUT2D eigenvalue weighted by molar-refractivity contribution is -0.384. The van der Waals surface area contributed by atoms with Gasteiger partial charge >= 0.3 is 0 Å². The van der Waals surface area contributed by atoms with E-state index in [-0.39, 0.29) is 25.5 Å². The number of anilines is 1. The predicted molar refractivity (Wildman–Crippen MR) is 158 cm³/mol. The lowest BCUT2D eigenvalue weighted by atomic mass is 10.1. The molecule has 0 saturated carbocycles. The summed E-state index contributed by atoms with van der Waals surface area (Å²) in [5.74, 6) is -0.0522. The van der Waals surface area contributed by atoms with Crippen LogP contribution in [0.4, 0.5) is 11.4 Å². The Morgan fingerprint density at radius 2 is 1.76 bits per heavy atom. The monoisotopic (exact) mass is 602 g/mol. The zero-order valence-electron chi connectivity index (χ0n) is 20.7. The van der Waals surface area contributed by atoms with E-state index in [0.29, 0.717) is 33.5 Å². The molecule has 202 valence electrons. The van der Waals surface area contributed by atoms with Crippen LogP contribution < -0.4 is 20.1 Å². The minimum atomic E-state index is -0.728. The Hall–Kier alpha value is -4.95. The molecule has 0 saturated heterocycles. The van der Waals surface area contributed by atoms with E-state index in [2.05, 4.69) is 5.32 Å². The summed E-state index contributed by atoms with van der Waals surface area (Å²) in [6, 6.07) is 24.6. The number of nitro groups is 1. The number of amides is 1. The van der Waals surface area contributed by atoms with Crippen LogP contribution >= 0.6 is 34.5 Å². The number of furan rings is 1. The Labute approximate surface area is 245 Å². The van der Waals surface area contributed by atoms with E-state index in [0.717, 1.165) is 11.3 Å². The number of carbonyl (C=O) groups excluding carboxylic acids is 1. The third-order valence-corrected chi connectivity index (χ3v) is 7.57. The molecule has 5 aromatic rings. The molecule has 0 aliphatic rings. The van der Waals surface area contributed by atoms with Crippen molar-refractivity contribution < 1.29 is 14.1 Å². The number of nitro benzene ring substituents is 1. The first-order chi connectivity index (χ1) is 19.8. The van der Waals surface area contributed by atoms with Crippen molar-refractivity contribution in [2.45, 2.75) is 0 Å². The summed E-state index contributed by atoms with van der Waals surface area (Å²) in [6.07, 6.45) is 1.49. The molecule has 2 heterocycles. The van der Waals surface area contributed by atoms with Crippen LogP contribution in [0.5, 0.6) is 0 Å². The topological polar surface area (TPSA) is 131 Å². The van der Waals surface area contributed by atoms with Gasteiger partial charge < -0.3 is 9.73 Å². The Kier molecular flexibility index (Phi) is 7.85. The average molecular weight is 603 g/mol. The summed E-state index contributed by atoms with van der Waals surface area (Å²) >= 11 is 13.2. The Morgan fingerprint density at radius 3 is 2.44 bits per heavy atom. The second-order valence-electron chi connectivity index (χ2n) is 8.44. The molecule has 0 atom stereocenters. The zero-order valence-corrected chi connectivity index (χ0v) is 23.0. The second-order valence-corrected chi connectivity index (χ2v) is 10.3. The van der Waals surface area contributed by atoms with Gasteiger partial charge in [0.15, 0.2) is 5.57 Å². The van der Waals surface area contributed by atoms with Crippen molar-refractivity contribution in [1.29, 1.82) is 5.26 Å². The molecule has 1 N–H and O–H groups in total. The highest BCUT2D eigenvalue weighted by atomic mass is 35.5. The maximum Gasteiger partial charge on any atom is 0.287 e. The van der Waals surface area contributed by atoms with Crippen molar-refractivity contribution in [2.24, 2.45) is 0 Å². The standard InChI is InChI=1S/C29H16Cl2N4O5S/c30-21-8-4-5-9-23(21)33-27(36)20(16-32)29-34(18-6-2-1-3-7-18)28(37)26(41-29)15-19-11-13-25(40-19)17-10-12-24(35(38)39)22(31)14-17/h1-15H,(H,33,36)/b26-15+,29-20-. The molecule has 1 amide bonds. The van der Waals surface area contributed by atoms with E-state index in [4.69, 9.17) is 27.6 Å². The van der Waals surface area contributed by atoms with Crippen LogP contribution in [-0.4, -0.2) is 15.4 Å². The Bertz CT molecular complexity index is 2040. The van der Waals surface area contributed by atoms with E-state index in [1.165, 1.54) is 28.8 Å². The first-order valence-corrected chi connectivity index (χ1v) is 13.4. The molecule has 0 aliphatic heterocycles. The van der Waals surface area contributed by atoms with Crippen molar-refractivity contribution in [3.8, 4) is 23.1 Å². The average Bonchev–Trinajstić information content (AvgIpc) is 3.55. The van der Waals surface area contributed by atoms with Gasteiger partial charge in [0.25, 0.3) is 17.2 Å². The summed E-state index contributed by atoms with van der Waals surface area (Å²) in [6.45, 7) is 0. The number of nitriles is 1. The predicted octanol–water partition coefficient (Wildman–Crippen LogP) is 5.52. The number of para-hydroxylation sites is 2. The van der Waals surface area contributed by atoms with E-state index in [9.17, 15) is 25.0 Å². The molecule has 0 radical (unpaired) electrons. The maximum atomic E-state index is 13.6. The van der Waals surface area contributed by atoms with E-state index >= 15 is 0 Å². The molecule has 5 rings (SSSR count). The van der Waals surface area contributed by atoms with Crippen LogP contribution in [-0.2, 0) is 4.79 Å². The Morgan fingerprint density at radius 1 is 1.02 bits per heavy atom. The van der Waals surface area contributed by atoms with Gasteiger partial charge in [-0.1, -0.05) is 53.5 Å². The molecule has 0 unspecified atom stereocenters. The van der Waals surface area contributed by atoms with E-state index < -0.39 is 16.4 Å². The van der Waals surface area contributed by atoms with Gasteiger partial charge in [-0.15, -0.1) is 11.3 Å². The fourth-order valence-electron chi connectivity index (χ4n) is 3.93. The van der Waals surface area contributed by atoms with Crippen molar-refractivity contribution in [2.75, 3.05) is 5.32 Å². The summed E-state index contributed by atoms with van der Waals surface area (Å²) in [7, 11) is 0. The quantitative estimate of drug-likeness (QED) is 0.201. The molecule has 2 aromatic heterocycles. The van der Waals surface area contributed by atoms with Gasteiger partial charge in [0, 0.05) is 17.7 Å². The number of benzene rings is 3. The zero-order chi connectivity index (χ0) is 29.1. The summed E-state index contributed by atoms with van der Waals surface area (Å²) in [5.41, 5.74) is 0.303. The minimum Gasteiger partial charge on any atom is -0.457 e.